The predicted molar refractivity (Wildman–Crippen MR) is 90.7 cm³/mol. The Kier molecular flexibility index (Phi) is 7.94. The summed E-state index contributed by atoms with van der Waals surface area (Å²) in [6.45, 7) is 13.1. The van der Waals surface area contributed by atoms with Crippen LogP contribution in [0, 0.1) is 0 Å². The highest BCUT2D eigenvalue weighted by molar-refractivity contribution is 5.25. The van der Waals surface area contributed by atoms with Gasteiger partial charge in [-0.25, -0.2) is 0 Å². The molecular weight excluding hydrogens is 260 g/mol. The average Bonchev–Trinajstić information content (AvgIpc) is 2.50. The molecule has 0 heterocycles. The number of aliphatic hydroxyl groups is 1. The first-order valence-corrected chi connectivity index (χ1v) is 8.14. The Labute approximate surface area is 130 Å². The van der Waals surface area contributed by atoms with Gasteiger partial charge in [-0.1, -0.05) is 44.2 Å². The molecule has 1 atom stereocenters. The van der Waals surface area contributed by atoms with E-state index in [-0.39, 0.29) is 12.0 Å². The average molecular weight is 292 g/mol. The third-order valence-corrected chi connectivity index (χ3v) is 4.12. The number of rotatable bonds is 10. The van der Waals surface area contributed by atoms with Crippen molar-refractivity contribution in [1.82, 2.24) is 10.2 Å². The molecule has 0 aliphatic heterocycles. The molecule has 1 aromatic rings. The molecule has 1 aromatic carbocycles. The molecule has 0 saturated heterocycles. The van der Waals surface area contributed by atoms with E-state index in [9.17, 15) is 0 Å². The maximum atomic E-state index is 9.11. The van der Waals surface area contributed by atoms with Crippen LogP contribution in [-0.4, -0.2) is 48.8 Å². The van der Waals surface area contributed by atoms with Gasteiger partial charge in [-0.05, 0) is 32.4 Å². The molecule has 1 unspecified atom stereocenters. The second-order valence-electron chi connectivity index (χ2n) is 6.35. The third kappa shape index (κ3) is 5.77. The second-order valence-corrected chi connectivity index (χ2v) is 6.35. The topological polar surface area (TPSA) is 35.5 Å². The van der Waals surface area contributed by atoms with Crippen LogP contribution in [0.5, 0.6) is 0 Å². The van der Waals surface area contributed by atoms with E-state index in [0.29, 0.717) is 6.04 Å². The summed E-state index contributed by atoms with van der Waals surface area (Å²) in [4.78, 5) is 2.47. The minimum atomic E-state index is 0.0804. The first-order valence-electron chi connectivity index (χ1n) is 8.14. The molecule has 3 nitrogen and oxygen atoms in total. The third-order valence-electron chi connectivity index (χ3n) is 4.12. The molecule has 2 N–H and O–H groups in total. The van der Waals surface area contributed by atoms with Crippen molar-refractivity contribution in [3.05, 3.63) is 35.9 Å². The van der Waals surface area contributed by atoms with E-state index in [1.807, 2.05) is 0 Å². The lowest BCUT2D eigenvalue weighted by atomic mass is 9.81. The van der Waals surface area contributed by atoms with Crippen molar-refractivity contribution < 1.29 is 5.11 Å². The second kappa shape index (κ2) is 9.19. The monoisotopic (exact) mass is 292 g/mol. The van der Waals surface area contributed by atoms with Crippen LogP contribution in [-0.2, 0) is 5.41 Å². The molecule has 0 bridgehead atoms. The fourth-order valence-corrected chi connectivity index (χ4v) is 2.73. The van der Waals surface area contributed by atoms with E-state index in [2.05, 4.69) is 68.2 Å². The Morgan fingerprint density at radius 3 is 2.43 bits per heavy atom. The summed E-state index contributed by atoms with van der Waals surface area (Å²) in [5.41, 5.74) is 1.46. The molecule has 0 radical (unpaired) electrons. The van der Waals surface area contributed by atoms with Crippen molar-refractivity contribution in [3.63, 3.8) is 0 Å². The van der Waals surface area contributed by atoms with Gasteiger partial charge in [0.05, 0.1) is 0 Å². The summed E-state index contributed by atoms with van der Waals surface area (Å²) in [5, 5.41) is 12.6. The van der Waals surface area contributed by atoms with E-state index >= 15 is 0 Å². The van der Waals surface area contributed by atoms with Gasteiger partial charge in [0.15, 0.2) is 0 Å². The molecule has 120 valence electrons. The highest BCUT2D eigenvalue weighted by Gasteiger charge is 2.29. The van der Waals surface area contributed by atoms with Crippen LogP contribution in [0.3, 0.4) is 0 Å². The Balaban J connectivity index is 2.90. The van der Waals surface area contributed by atoms with Crippen LogP contribution in [0.15, 0.2) is 30.3 Å². The van der Waals surface area contributed by atoms with Gasteiger partial charge in [-0.2, -0.15) is 0 Å². The van der Waals surface area contributed by atoms with Crippen LogP contribution in [0.4, 0.5) is 0 Å². The lowest BCUT2D eigenvalue weighted by Crippen LogP contribution is -2.48. The van der Waals surface area contributed by atoms with Crippen molar-refractivity contribution in [2.24, 2.45) is 0 Å². The Hall–Kier alpha value is -0.900. The van der Waals surface area contributed by atoms with E-state index in [1.54, 1.807) is 0 Å². The van der Waals surface area contributed by atoms with Crippen LogP contribution >= 0.6 is 0 Å². The zero-order valence-corrected chi connectivity index (χ0v) is 14.1. The summed E-state index contributed by atoms with van der Waals surface area (Å²) < 4.78 is 0. The standard InChI is InChI=1S/C18H32N2O/c1-5-19-14-18(4,17-10-7-6-8-11-17)15-20(16(2)3)12-9-13-21/h6-8,10-11,16,19,21H,5,9,12-15H2,1-4H3. The maximum Gasteiger partial charge on any atom is 0.0443 e. The first kappa shape index (κ1) is 18.1. The van der Waals surface area contributed by atoms with Crippen molar-refractivity contribution in [2.75, 3.05) is 32.8 Å². The van der Waals surface area contributed by atoms with Gasteiger partial charge in [0.1, 0.15) is 0 Å². The number of hydrogen-bond donors (Lipinski definition) is 2. The molecule has 0 amide bonds. The molecule has 0 aliphatic rings. The molecule has 1 rings (SSSR count). The van der Waals surface area contributed by atoms with E-state index in [4.69, 9.17) is 5.11 Å². The maximum absolute atomic E-state index is 9.11. The molecular formula is C18H32N2O. The van der Waals surface area contributed by atoms with Gasteiger partial charge < -0.3 is 10.4 Å². The number of nitrogens with zero attached hydrogens (tertiary/aromatic N) is 1. The lowest BCUT2D eigenvalue weighted by molar-refractivity contribution is 0.155. The highest BCUT2D eigenvalue weighted by Crippen LogP contribution is 2.25. The number of benzene rings is 1. The number of hydrogen-bond acceptors (Lipinski definition) is 3. The molecule has 0 saturated carbocycles. The van der Waals surface area contributed by atoms with Crippen LogP contribution in [0.25, 0.3) is 0 Å². The van der Waals surface area contributed by atoms with Crippen molar-refractivity contribution in [1.29, 1.82) is 0 Å². The molecule has 3 heteroatoms. The van der Waals surface area contributed by atoms with Gasteiger partial charge >= 0.3 is 0 Å². The normalized spacial score (nSPS) is 14.6. The molecule has 0 aromatic heterocycles. The Morgan fingerprint density at radius 1 is 1.24 bits per heavy atom. The molecule has 21 heavy (non-hydrogen) atoms. The summed E-state index contributed by atoms with van der Waals surface area (Å²) in [6, 6.07) is 11.2. The van der Waals surface area contributed by atoms with E-state index < -0.39 is 0 Å². The molecule has 0 aliphatic carbocycles. The number of nitrogens with one attached hydrogen (secondary N) is 1. The number of aliphatic hydroxyl groups excluding tert-OH is 1. The van der Waals surface area contributed by atoms with Crippen LogP contribution < -0.4 is 5.32 Å². The summed E-state index contributed by atoms with van der Waals surface area (Å²) in [6.07, 6.45) is 0.838. The fourth-order valence-electron chi connectivity index (χ4n) is 2.73. The number of likely N-dealkylation sites (N-methyl/N-ethyl adjacent to an activating group) is 1. The highest BCUT2D eigenvalue weighted by atomic mass is 16.3. The van der Waals surface area contributed by atoms with Crippen LogP contribution in [0.2, 0.25) is 0 Å². The van der Waals surface area contributed by atoms with Crippen molar-refractivity contribution in [2.45, 2.75) is 45.6 Å². The minimum Gasteiger partial charge on any atom is -0.396 e. The van der Waals surface area contributed by atoms with Crippen LogP contribution in [0.1, 0.15) is 39.7 Å². The van der Waals surface area contributed by atoms with Gasteiger partial charge in [0.25, 0.3) is 0 Å². The van der Waals surface area contributed by atoms with Crippen molar-refractivity contribution >= 4 is 0 Å². The smallest absolute Gasteiger partial charge is 0.0443 e. The zero-order valence-electron chi connectivity index (χ0n) is 14.1. The van der Waals surface area contributed by atoms with Gasteiger partial charge in [-0.15, -0.1) is 0 Å². The Morgan fingerprint density at radius 2 is 1.90 bits per heavy atom. The van der Waals surface area contributed by atoms with Gasteiger partial charge in [-0.3, -0.25) is 4.90 Å². The largest absolute Gasteiger partial charge is 0.396 e. The minimum absolute atomic E-state index is 0.0804. The molecule has 0 spiro atoms. The Bertz CT molecular complexity index is 380. The lowest BCUT2D eigenvalue weighted by Gasteiger charge is -2.38. The van der Waals surface area contributed by atoms with Crippen molar-refractivity contribution in [3.8, 4) is 0 Å². The first-order chi connectivity index (χ1) is 10.0. The quantitative estimate of drug-likeness (QED) is 0.696. The summed E-state index contributed by atoms with van der Waals surface area (Å²) in [5.74, 6) is 0. The van der Waals surface area contributed by atoms with Gasteiger partial charge in [0, 0.05) is 37.7 Å². The summed E-state index contributed by atoms with van der Waals surface area (Å²) >= 11 is 0. The predicted octanol–water partition coefficient (Wildman–Crippen LogP) is 2.65. The SMILES string of the molecule is CCNCC(C)(CN(CCCO)C(C)C)c1ccccc1. The van der Waals surface area contributed by atoms with Gasteiger partial charge in [0.2, 0.25) is 0 Å². The molecule has 0 fully saturated rings. The zero-order chi connectivity index (χ0) is 15.7. The summed E-state index contributed by atoms with van der Waals surface area (Å²) in [7, 11) is 0. The fraction of sp³-hybridized carbons (Fsp3) is 0.667. The van der Waals surface area contributed by atoms with E-state index in [1.165, 1.54) is 5.56 Å². The van der Waals surface area contributed by atoms with E-state index in [0.717, 1.165) is 32.6 Å².